The third kappa shape index (κ3) is 2.69. The Morgan fingerprint density at radius 2 is 2.15 bits per heavy atom. The molecular weight excluding hydrogens is 252 g/mol. The number of oxime groups is 1. The zero-order valence-electron chi connectivity index (χ0n) is 10.9. The number of nitrogens with zero attached hydrogens (tertiary/aromatic N) is 2. The van der Waals surface area contributed by atoms with Gasteiger partial charge in [0.15, 0.2) is 0 Å². The summed E-state index contributed by atoms with van der Waals surface area (Å²) in [6, 6.07) is 9.88. The molecule has 1 aliphatic carbocycles. The summed E-state index contributed by atoms with van der Waals surface area (Å²) in [7, 11) is 0. The summed E-state index contributed by atoms with van der Waals surface area (Å²) in [4.78, 5) is 16.8. The number of carbonyl (C=O) groups excluding carboxylic acids is 1. The van der Waals surface area contributed by atoms with E-state index in [2.05, 4.69) is 5.16 Å². The molecule has 0 bridgehead atoms. The fraction of sp³-hybridized carbons (Fsp3) is 0.125. The molecule has 4 nitrogen and oxygen atoms in total. The van der Waals surface area contributed by atoms with Gasteiger partial charge in [-0.3, -0.25) is 0 Å². The Balaban J connectivity index is 1.67. The van der Waals surface area contributed by atoms with Gasteiger partial charge in [-0.15, -0.1) is 0 Å². The Labute approximate surface area is 116 Å². The second-order valence-corrected chi connectivity index (χ2v) is 4.54. The molecule has 4 heteroatoms. The van der Waals surface area contributed by atoms with Crippen molar-refractivity contribution in [2.45, 2.75) is 13.0 Å². The van der Waals surface area contributed by atoms with Crippen LogP contribution in [-0.4, -0.2) is 16.2 Å². The zero-order chi connectivity index (χ0) is 13.8. The average Bonchev–Trinajstić information content (AvgIpc) is 2.90. The Morgan fingerprint density at radius 3 is 3.00 bits per heavy atom. The van der Waals surface area contributed by atoms with E-state index < -0.39 is 0 Å². The number of rotatable bonds is 3. The molecule has 2 aromatic rings. The zero-order valence-corrected chi connectivity index (χ0v) is 10.9. The molecule has 0 atom stereocenters. The molecule has 0 saturated carbocycles. The van der Waals surface area contributed by atoms with E-state index in [0.717, 1.165) is 16.6 Å². The number of benzene rings is 1. The summed E-state index contributed by atoms with van der Waals surface area (Å²) in [6.45, 7) is 0.157. The standard InChI is InChI=1S/C16H14N2O2/c19-16(20-17-14-7-2-1-3-8-14)12-18-11-10-13-6-4-5-9-15(13)18/h1-7,9-11H,8,12H2. The Bertz CT molecular complexity index is 723. The highest BCUT2D eigenvalue weighted by atomic mass is 16.7. The summed E-state index contributed by atoms with van der Waals surface area (Å²) < 4.78 is 1.86. The highest BCUT2D eigenvalue weighted by molar-refractivity contribution is 5.97. The van der Waals surface area contributed by atoms with E-state index in [0.29, 0.717) is 6.42 Å². The molecule has 0 N–H and O–H groups in total. The van der Waals surface area contributed by atoms with Crippen LogP contribution in [0.5, 0.6) is 0 Å². The lowest BCUT2D eigenvalue weighted by atomic mass is 10.2. The molecule has 0 fully saturated rings. The first-order chi connectivity index (χ1) is 9.83. The highest BCUT2D eigenvalue weighted by Crippen LogP contribution is 2.15. The molecule has 0 amide bonds. The first-order valence-corrected chi connectivity index (χ1v) is 6.47. The third-order valence-electron chi connectivity index (χ3n) is 3.11. The average molecular weight is 266 g/mol. The van der Waals surface area contributed by atoms with Crippen molar-refractivity contribution in [2.24, 2.45) is 5.16 Å². The topological polar surface area (TPSA) is 43.6 Å². The van der Waals surface area contributed by atoms with Crippen LogP contribution < -0.4 is 0 Å². The van der Waals surface area contributed by atoms with Gasteiger partial charge in [0.2, 0.25) is 0 Å². The van der Waals surface area contributed by atoms with Crippen LogP contribution in [0.1, 0.15) is 6.42 Å². The first kappa shape index (κ1) is 12.4. The molecule has 1 heterocycles. The van der Waals surface area contributed by atoms with E-state index in [1.807, 2.05) is 65.4 Å². The number of hydrogen-bond donors (Lipinski definition) is 0. The minimum Gasteiger partial charge on any atom is -0.336 e. The minimum atomic E-state index is -0.373. The van der Waals surface area contributed by atoms with Gasteiger partial charge in [0.1, 0.15) is 6.54 Å². The van der Waals surface area contributed by atoms with Crippen LogP contribution in [0.3, 0.4) is 0 Å². The monoisotopic (exact) mass is 266 g/mol. The van der Waals surface area contributed by atoms with Crippen LogP contribution in [0, 0.1) is 0 Å². The van der Waals surface area contributed by atoms with E-state index in [9.17, 15) is 4.79 Å². The van der Waals surface area contributed by atoms with E-state index in [1.165, 1.54) is 0 Å². The van der Waals surface area contributed by atoms with Crippen LogP contribution >= 0.6 is 0 Å². The van der Waals surface area contributed by atoms with Crippen molar-refractivity contribution in [3.05, 3.63) is 60.8 Å². The lowest BCUT2D eigenvalue weighted by Crippen LogP contribution is -2.11. The maximum Gasteiger partial charge on any atom is 0.354 e. The molecule has 100 valence electrons. The fourth-order valence-corrected chi connectivity index (χ4v) is 2.13. The van der Waals surface area contributed by atoms with Gasteiger partial charge in [-0.05, 0) is 23.6 Å². The number of fused-ring (bicyclic) bond motifs is 1. The molecule has 0 saturated heterocycles. The Kier molecular flexibility index (Phi) is 3.46. The maximum atomic E-state index is 11.8. The lowest BCUT2D eigenvalue weighted by Gasteiger charge is -2.04. The Morgan fingerprint density at radius 1 is 1.25 bits per heavy atom. The van der Waals surface area contributed by atoms with Gasteiger partial charge in [-0.2, -0.15) is 0 Å². The molecule has 0 spiro atoms. The molecule has 0 unspecified atom stereocenters. The van der Waals surface area contributed by atoms with E-state index >= 15 is 0 Å². The lowest BCUT2D eigenvalue weighted by molar-refractivity contribution is -0.144. The van der Waals surface area contributed by atoms with Crippen molar-refractivity contribution in [3.8, 4) is 0 Å². The van der Waals surface area contributed by atoms with Crippen molar-refractivity contribution in [1.29, 1.82) is 0 Å². The largest absolute Gasteiger partial charge is 0.354 e. The van der Waals surface area contributed by atoms with Crippen molar-refractivity contribution >= 4 is 22.6 Å². The smallest absolute Gasteiger partial charge is 0.336 e. The van der Waals surface area contributed by atoms with Crippen LogP contribution in [0.15, 0.2) is 66.0 Å². The summed E-state index contributed by atoms with van der Waals surface area (Å²) in [6.07, 6.45) is 10.2. The molecule has 1 aromatic carbocycles. The Hall–Kier alpha value is -2.62. The minimum absolute atomic E-state index is 0.157. The van der Waals surface area contributed by atoms with Crippen molar-refractivity contribution in [2.75, 3.05) is 0 Å². The molecule has 0 radical (unpaired) electrons. The van der Waals surface area contributed by atoms with Gasteiger partial charge in [-0.25, -0.2) is 4.79 Å². The SMILES string of the molecule is O=C(Cn1ccc2ccccc21)ON=C1C=CC=CC1. The molecule has 3 rings (SSSR count). The molecule has 1 aliphatic rings. The molecule has 0 aliphatic heterocycles. The van der Waals surface area contributed by atoms with Crippen LogP contribution in [0.4, 0.5) is 0 Å². The van der Waals surface area contributed by atoms with Gasteiger partial charge in [-0.1, -0.05) is 41.6 Å². The number of aromatic nitrogens is 1. The molecular formula is C16H14N2O2. The number of para-hydroxylation sites is 1. The van der Waals surface area contributed by atoms with Crippen molar-refractivity contribution in [3.63, 3.8) is 0 Å². The number of allylic oxidation sites excluding steroid dienone is 4. The predicted molar refractivity (Wildman–Crippen MR) is 78.4 cm³/mol. The van der Waals surface area contributed by atoms with Gasteiger partial charge in [0.05, 0.1) is 5.71 Å². The van der Waals surface area contributed by atoms with E-state index in [1.54, 1.807) is 0 Å². The number of hydrogen-bond acceptors (Lipinski definition) is 3. The van der Waals surface area contributed by atoms with E-state index in [4.69, 9.17) is 4.84 Å². The molecule has 20 heavy (non-hydrogen) atoms. The summed E-state index contributed by atoms with van der Waals surface area (Å²) >= 11 is 0. The van der Waals surface area contributed by atoms with Crippen LogP contribution in [0.2, 0.25) is 0 Å². The predicted octanol–water partition coefficient (Wildman–Crippen LogP) is 3.06. The second-order valence-electron chi connectivity index (χ2n) is 4.54. The quantitative estimate of drug-likeness (QED) is 0.633. The summed E-state index contributed by atoms with van der Waals surface area (Å²) in [5.74, 6) is -0.373. The van der Waals surface area contributed by atoms with Gasteiger partial charge in [0, 0.05) is 18.1 Å². The van der Waals surface area contributed by atoms with E-state index in [-0.39, 0.29) is 12.5 Å². The van der Waals surface area contributed by atoms with Gasteiger partial charge < -0.3 is 9.40 Å². The van der Waals surface area contributed by atoms with Crippen molar-refractivity contribution < 1.29 is 9.63 Å². The summed E-state index contributed by atoms with van der Waals surface area (Å²) in [5.41, 5.74) is 1.76. The van der Waals surface area contributed by atoms with Crippen molar-refractivity contribution in [1.82, 2.24) is 4.57 Å². The normalized spacial score (nSPS) is 15.9. The van der Waals surface area contributed by atoms with Gasteiger partial charge in [0.25, 0.3) is 0 Å². The van der Waals surface area contributed by atoms with Gasteiger partial charge >= 0.3 is 5.97 Å². The third-order valence-corrected chi connectivity index (χ3v) is 3.11. The highest BCUT2D eigenvalue weighted by Gasteiger charge is 2.07. The van der Waals surface area contributed by atoms with Crippen LogP contribution in [-0.2, 0) is 16.2 Å². The number of carbonyl (C=O) groups is 1. The second kappa shape index (κ2) is 5.57. The molecule has 1 aromatic heterocycles. The van der Waals surface area contributed by atoms with Crippen LogP contribution in [0.25, 0.3) is 10.9 Å². The fourth-order valence-electron chi connectivity index (χ4n) is 2.13. The first-order valence-electron chi connectivity index (χ1n) is 6.47. The maximum absolute atomic E-state index is 11.8. The summed E-state index contributed by atoms with van der Waals surface area (Å²) in [5, 5.41) is 4.96.